The lowest BCUT2D eigenvalue weighted by atomic mass is 9.75. The molecule has 1 fully saturated rings. The van der Waals surface area contributed by atoms with Gasteiger partial charge in [-0.2, -0.15) is 0 Å². The van der Waals surface area contributed by atoms with Gasteiger partial charge < -0.3 is 0 Å². The first kappa shape index (κ1) is 22.6. The monoisotopic (exact) mass is 463 g/mol. The van der Waals surface area contributed by atoms with E-state index in [4.69, 9.17) is 4.98 Å². The third-order valence-corrected chi connectivity index (χ3v) is 7.30. The second-order valence-electron chi connectivity index (χ2n) is 9.61. The van der Waals surface area contributed by atoms with Crippen molar-refractivity contribution < 1.29 is 17.9 Å². The Hall–Kier alpha value is -3.14. The van der Waals surface area contributed by atoms with E-state index in [9.17, 15) is 13.6 Å². The predicted octanol–water partition coefficient (Wildman–Crippen LogP) is 7.85. The summed E-state index contributed by atoms with van der Waals surface area (Å²) >= 11 is 0. The summed E-state index contributed by atoms with van der Waals surface area (Å²) in [6.45, 7) is 0. The number of Topliss-reactive ketones (excluding diaryl/α,β-unsaturated/α-hetero) is 1. The van der Waals surface area contributed by atoms with E-state index >= 15 is 0 Å². The molecule has 0 N–H and O–H groups in total. The first-order chi connectivity index (χ1) is 16.6. The number of rotatable bonds is 6. The molecule has 1 aromatic heterocycles. The maximum Gasteiger partial charge on any atom is 0.141 e. The first-order valence-corrected chi connectivity index (χ1v) is 12.3. The minimum Gasteiger partial charge on any atom is -0.299 e. The van der Waals surface area contributed by atoms with Crippen LogP contribution in [0.2, 0.25) is 0 Å². The van der Waals surface area contributed by atoms with Crippen LogP contribution in [0.1, 0.15) is 81.7 Å². The van der Waals surface area contributed by atoms with Crippen LogP contribution in [0.4, 0.5) is 8.78 Å². The number of ketones is 1. The number of halogens is 2. The molecule has 0 aliphatic heterocycles. The SMILES string of the molecule is O=C(Cc1cccc(C2CCCC(c3nccc4c3C=CCC4)C2)c1)Cc1c(F)cccc1F.[HH].[HH].[HH]. The molecule has 5 rings (SSSR count). The number of aryl methyl sites for hydroxylation is 1. The van der Waals surface area contributed by atoms with Gasteiger partial charge in [0.05, 0.1) is 5.69 Å². The molecule has 2 atom stereocenters. The standard InChI is InChI=1S/C30H29F2NO.3H2/c31-28-12-5-13-29(32)27(28)19-25(34)17-20-6-3-8-22(16-20)23-9-4-10-24(18-23)30-26-11-2-1-7-21(26)14-15-33-30;;;/h2-3,5-6,8,11-16,23-24H,1,4,7,9-10,17-19H2;3*1H. The smallest absolute Gasteiger partial charge is 0.141 e. The van der Waals surface area contributed by atoms with Gasteiger partial charge in [0.25, 0.3) is 0 Å². The van der Waals surface area contributed by atoms with Crippen molar-refractivity contribution in [2.75, 3.05) is 0 Å². The van der Waals surface area contributed by atoms with Crippen molar-refractivity contribution in [1.29, 1.82) is 0 Å². The van der Waals surface area contributed by atoms with Gasteiger partial charge >= 0.3 is 0 Å². The highest BCUT2D eigenvalue weighted by Crippen LogP contribution is 2.42. The molecule has 180 valence electrons. The third-order valence-electron chi connectivity index (χ3n) is 7.30. The normalized spacial score (nSPS) is 19.6. The van der Waals surface area contributed by atoms with Crippen LogP contribution in [0, 0.1) is 11.6 Å². The van der Waals surface area contributed by atoms with Gasteiger partial charge in [0.15, 0.2) is 0 Å². The fourth-order valence-electron chi connectivity index (χ4n) is 5.59. The Morgan fingerprint density at radius 2 is 1.79 bits per heavy atom. The van der Waals surface area contributed by atoms with Crippen molar-refractivity contribution >= 4 is 11.9 Å². The van der Waals surface area contributed by atoms with Gasteiger partial charge in [0, 0.05) is 34.8 Å². The molecule has 2 aliphatic rings. The highest BCUT2D eigenvalue weighted by Gasteiger charge is 2.28. The summed E-state index contributed by atoms with van der Waals surface area (Å²) in [7, 11) is 0. The van der Waals surface area contributed by atoms with E-state index in [1.54, 1.807) is 0 Å². The minimum absolute atomic E-state index is 0. The Morgan fingerprint density at radius 1 is 1.00 bits per heavy atom. The highest BCUT2D eigenvalue weighted by atomic mass is 19.1. The molecule has 0 radical (unpaired) electrons. The van der Waals surface area contributed by atoms with Crippen molar-refractivity contribution in [2.45, 2.75) is 63.2 Å². The summed E-state index contributed by atoms with van der Waals surface area (Å²) in [5, 5.41) is 0. The van der Waals surface area contributed by atoms with E-state index in [1.807, 2.05) is 18.3 Å². The third kappa shape index (κ3) is 4.86. The summed E-state index contributed by atoms with van der Waals surface area (Å²) in [6.07, 6.45) is 13.1. The molecule has 2 aromatic carbocycles. The number of carbonyl (C=O) groups is 1. The number of allylic oxidation sites excluding steroid dienone is 1. The van der Waals surface area contributed by atoms with E-state index in [-0.39, 0.29) is 28.5 Å². The molecular weight excluding hydrogens is 428 g/mol. The van der Waals surface area contributed by atoms with Crippen molar-refractivity contribution in [1.82, 2.24) is 4.98 Å². The molecule has 0 saturated heterocycles. The van der Waals surface area contributed by atoms with Crippen molar-refractivity contribution in [2.24, 2.45) is 0 Å². The summed E-state index contributed by atoms with van der Waals surface area (Å²) in [5.74, 6) is -0.660. The zero-order valence-electron chi connectivity index (χ0n) is 19.3. The average Bonchev–Trinajstić information content (AvgIpc) is 2.86. The topological polar surface area (TPSA) is 30.0 Å². The largest absolute Gasteiger partial charge is 0.299 e. The minimum atomic E-state index is -0.665. The second-order valence-corrected chi connectivity index (χ2v) is 9.61. The number of hydrogen-bond acceptors (Lipinski definition) is 2. The van der Waals surface area contributed by atoms with Crippen LogP contribution in [0.25, 0.3) is 6.08 Å². The molecule has 2 aliphatic carbocycles. The maximum absolute atomic E-state index is 13.9. The van der Waals surface area contributed by atoms with Gasteiger partial charge in [-0.15, -0.1) is 0 Å². The van der Waals surface area contributed by atoms with Crippen molar-refractivity contribution in [3.05, 3.63) is 106 Å². The Morgan fingerprint density at radius 3 is 2.65 bits per heavy atom. The fourth-order valence-corrected chi connectivity index (χ4v) is 5.59. The summed E-state index contributed by atoms with van der Waals surface area (Å²) in [4.78, 5) is 17.4. The van der Waals surface area contributed by atoms with E-state index in [2.05, 4.69) is 30.4 Å². The molecule has 0 bridgehead atoms. The summed E-state index contributed by atoms with van der Waals surface area (Å²) in [5.41, 5.74) is 5.95. The number of nitrogens with zero attached hydrogens (tertiary/aromatic N) is 1. The zero-order chi connectivity index (χ0) is 23.5. The van der Waals surface area contributed by atoms with Gasteiger partial charge in [-0.25, -0.2) is 8.78 Å². The van der Waals surface area contributed by atoms with E-state index in [1.165, 1.54) is 40.6 Å². The Balaban J connectivity index is 0.00000160. The fraction of sp³-hybridized carbons (Fsp3) is 0.333. The molecule has 1 heterocycles. The maximum atomic E-state index is 13.9. The highest BCUT2D eigenvalue weighted by molar-refractivity contribution is 5.83. The number of benzene rings is 2. The molecular formula is C30H35F2NO. The van der Waals surface area contributed by atoms with E-state index in [0.29, 0.717) is 11.8 Å². The summed E-state index contributed by atoms with van der Waals surface area (Å²) in [6, 6.07) is 14.0. The van der Waals surface area contributed by atoms with Crippen LogP contribution in [0.15, 0.2) is 60.8 Å². The first-order valence-electron chi connectivity index (χ1n) is 12.3. The molecule has 0 amide bonds. The van der Waals surface area contributed by atoms with E-state index < -0.39 is 11.6 Å². The molecule has 1 saturated carbocycles. The molecule has 4 heteroatoms. The van der Waals surface area contributed by atoms with E-state index in [0.717, 1.165) is 44.1 Å². The van der Waals surface area contributed by atoms with Crippen LogP contribution in [-0.2, 0) is 24.1 Å². The van der Waals surface area contributed by atoms with Crippen LogP contribution in [0.3, 0.4) is 0 Å². The Kier molecular flexibility index (Phi) is 6.66. The van der Waals surface area contributed by atoms with Crippen molar-refractivity contribution in [3.8, 4) is 0 Å². The molecule has 34 heavy (non-hydrogen) atoms. The summed E-state index contributed by atoms with van der Waals surface area (Å²) < 4.78 is 27.9. The van der Waals surface area contributed by atoms with Crippen LogP contribution in [-0.4, -0.2) is 10.8 Å². The lowest BCUT2D eigenvalue weighted by Gasteiger charge is -2.31. The van der Waals surface area contributed by atoms with Gasteiger partial charge in [-0.1, -0.05) is 48.9 Å². The zero-order valence-corrected chi connectivity index (χ0v) is 19.3. The Bertz CT molecular complexity index is 1230. The lowest BCUT2D eigenvalue weighted by molar-refractivity contribution is -0.117. The number of pyridine rings is 1. The molecule has 0 spiro atoms. The number of hydrogen-bond donors (Lipinski definition) is 0. The molecule has 2 unspecified atom stereocenters. The number of fused-ring (bicyclic) bond motifs is 1. The van der Waals surface area contributed by atoms with Gasteiger partial charge in [-0.3, -0.25) is 9.78 Å². The van der Waals surface area contributed by atoms with Crippen LogP contribution < -0.4 is 0 Å². The van der Waals surface area contributed by atoms with Crippen LogP contribution in [0.5, 0.6) is 0 Å². The number of carbonyl (C=O) groups excluding carboxylic acids is 1. The van der Waals surface area contributed by atoms with Gasteiger partial charge in [0.2, 0.25) is 0 Å². The second kappa shape index (κ2) is 10.0. The van der Waals surface area contributed by atoms with Crippen LogP contribution >= 0.6 is 0 Å². The molecule has 3 aromatic rings. The van der Waals surface area contributed by atoms with Gasteiger partial charge in [0.1, 0.15) is 17.4 Å². The molecule has 2 nitrogen and oxygen atoms in total. The quantitative estimate of drug-likeness (QED) is 0.372. The van der Waals surface area contributed by atoms with Crippen molar-refractivity contribution in [3.63, 3.8) is 0 Å². The van der Waals surface area contributed by atoms with Gasteiger partial charge in [-0.05, 0) is 78.5 Å². The predicted molar refractivity (Wildman–Crippen MR) is 137 cm³/mol. The lowest BCUT2D eigenvalue weighted by Crippen LogP contribution is -2.16. The average molecular weight is 464 g/mol. The Labute approximate surface area is 204 Å². The number of aromatic nitrogens is 1.